The molecule has 0 aliphatic rings. The number of unbranched alkanes of at least 4 members (excludes halogenated alkanes) is 3. The predicted octanol–water partition coefficient (Wildman–Crippen LogP) is 1.22. The first kappa shape index (κ1) is 23.4. The van der Waals surface area contributed by atoms with Gasteiger partial charge in [-0.3, -0.25) is 9.59 Å². The number of aliphatic hydroxyl groups is 1. The molecule has 1 rings (SSSR count). The number of hydrogen-bond donors (Lipinski definition) is 3. The van der Waals surface area contributed by atoms with E-state index in [4.69, 9.17) is 11.6 Å². The van der Waals surface area contributed by atoms with Gasteiger partial charge in [-0.15, -0.1) is 0 Å². The van der Waals surface area contributed by atoms with E-state index in [0.29, 0.717) is 30.8 Å². The van der Waals surface area contributed by atoms with Crippen molar-refractivity contribution < 1.29 is 27.9 Å². The molecular weight excluding hydrogens is 396 g/mol. The van der Waals surface area contributed by atoms with E-state index in [1.54, 1.807) is 0 Å². The molecule has 152 valence electrons. The average molecular weight is 421 g/mol. The van der Waals surface area contributed by atoms with Crippen LogP contribution >= 0.6 is 11.6 Å². The zero-order chi connectivity index (χ0) is 20.3. The molecule has 1 aromatic rings. The molecule has 3 N–H and O–H groups in total. The molecule has 1 amide bonds. The molecule has 0 saturated heterocycles. The largest absolute Gasteiger partial charge is 0.469 e. The maximum Gasteiger partial charge on any atom is 0.305 e. The van der Waals surface area contributed by atoms with Gasteiger partial charge in [0, 0.05) is 18.0 Å². The number of esters is 1. The van der Waals surface area contributed by atoms with E-state index in [1.165, 1.54) is 31.4 Å². The number of ether oxygens (including phenoxy) is 1. The van der Waals surface area contributed by atoms with Gasteiger partial charge in [-0.05, 0) is 37.1 Å². The van der Waals surface area contributed by atoms with Gasteiger partial charge in [0.2, 0.25) is 15.9 Å². The highest BCUT2D eigenvalue weighted by atomic mass is 35.5. The van der Waals surface area contributed by atoms with Crippen LogP contribution in [0.15, 0.2) is 29.2 Å². The molecule has 27 heavy (non-hydrogen) atoms. The third kappa shape index (κ3) is 8.70. The van der Waals surface area contributed by atoms with Gasteiger partial charge in [-0.25, -0.2) is 8.42 Å². The number of carbonyl (C=O) groups excluding carboxylic acids is 2. The third-order valence-electron chi connectivity index (χ3n) is 3.75. The standard InChI is InChI=1S/C17H25ClN2O6S/c1-26-16(22)6-4-2-3-5-11-19-17(23)15(12-21)20-27(24,25)14-9-7-13(18)8-10-14/h7-10,15,20-21H,2-6,11-12H2,1H3,(H,19,23)/t15-/m0/s1. The van der Waals surface area contributed by atoms with Crippen LogP contribution < -0.4 is 10.0 Å². The molecule has 0 aliphatic carbocycles. The normalized spacial score (nSPS) is 12.4. The Morgan fingerprint density at radius 3 is 2.37 bits per heavy atom. The zero-order valence-electron chi connectivity index (χ0n) is 15.1. The number of rotatable bonds is 12. The molecule has 0 aromatic heterocycles. The van der Waals surface area contributed by atoms with Crippen molar-refractivity contribution in [2.45, 2.75) is 43.0 Å². The lowest BCUT2D eigenvalue weighted by atomic mass is 10.1. The van der Waals surface area contributed by atoms with Crippen LogP contribution in [-0.2, 0) is 24.3 Å². The summed E-state index contributed by atoms with van der Waals surface area (Å²) < 4.78 is 31.2. The first-order valence-corrected chi connectivity index (χ1v) is 10.4. The molecule has 1 atom stereocenters. The predicted molar refractivity (Wildman–Crippen MR) is 101 cm³/mol. The second-order valence-electron chi connectivity index (χ2n) is 5.84. The smallest absolute Gasteiger partial charge is 0.305 e. The van der Waals surface area contributed by atoms with E-state index >= 15 is 0 Å². The van der Waals surface area contributed by atoms with E-state index in [9.17, 15) is 23.1 Å². The average Bonchev–Trinajstić information content (AvgIpc) is 2.65. The molecule has 0 saturated carbocycles. The van der Waals surface area contributed by atoms with Crippen molar-refractivity contribution in [1.29, 1.82) is 0 Å². The first-order chi connectivity index (χ1) is 12.8. The Morgan fingerprint density at radius 2 is 1.78 bits per heavy atom. The number of carbonyl (C=O) groups is 2. The van der Waals surface area contributed by atoms with Crippen LogP contribution in [0.3, 0.4) is 0 Å². The van der Waals surface area contributed by atoms with Crippen molar-refractivity contribution in [2.75, 3.05) is 20.3 Å². The Balaban J connectivity index is 2.39. The van der Waals surface area contributed by atoms with Gasteiger partial charge in [0.1, 0.15) is 6.04 Å². The summed E-state index contributed by atoms with van der Waals surface area (Å²) in [6.45, 7) is -0.325. The lowest BCUT2D eigenvalue weighted by Gasteiger charge is -2.16. The molecule has 0 fully saturated rings. The zero-order valence-corrected chi connectivity index (χ0v) is 16.7. The van der Waals surface area contributed by atoms with Crippen molar-refractivity contribution in [2.24, 2.45) is 0 Å². The Kier molecular flexibility index (Phi) is 10.3. The van der Waals surface area contributed by atoms with Gasteiger partial charge >= 0.3 is 5.97 Å². The molecule has 0 heterocycles. The van der Waals surface area contributed by atoms with E-state index in [-0.39, 0.29) is 10.9 Å². The first-order valence-electron chi connectivity index (χ1n) is 8.53. The number of amides is 1. The van der Waals surface area contributed by atoms with Gasteiger partial charge < -0.3 is 15.2 Å². The summed E-state index contributed by atoms with van der Waals surface area (Å²) in [5.74, 6) is -0.855. The minimum Gasteiger partial charge on any atom is -0.469 e. The maximum atomic E-state index is 12.3. The number of sulfonamides is 1. The number of methoxy groups -OCH3 is 1. The summed E-state index contributed by atoms with van der Waals surface area (Å²) in [5.41, 5.74) is 0. The third-order valence-corrected chi connectivity index (χ3v) is 5.49. The monoisotopic (exact) mass is 420 g/mol. The Hall–Kier alpha value is -1.68. The Bertz CT molecular complexity index is 709. The minimum atomic E-state index is -3.96. The van der Waals surface area contributed by atoms with Crippen molar-refractivity contribution in [1.82, 2.24) is 10.0 Å². The van der Waals surface area contributed by atoms with E-state index in [1.807, 2.05) is 0 Å². The van der Waals surface area contributed by atoms with Crippen LogP contribution in [0.2, 0.25) is 5.02 Å². The second-order valence-corrected chi connectivity index (χ2v) is 7.99. The van der Waals surface area contributed by atoms with Crippen LogP contribution in [-0.4, -0.2) is 51.7 Å². The van der Waals surface area contributed by atoms with Crippen molar-refractivity contribution in [3.8, 4) is 0 Å². The topological polar surface area (TPSA) is 122 Å². The second kappa shape index (κ2) is 11.9. The van der Waals surface area contributed by atoms with Gasteiger partial charge in [-0.1, -0.05) is 24.4 Å². The lowest BCUT2D eigenvalue weighted by Crippen LogP contribution is -2.49. The molecule has 0 radical (unpaired) electrons. The summed E-state index contributed by atoms with van der Waals surface area (Å²) in [7, 11) is -2.62. The quantitative estimate of drug-likeness (QED) is 0.345. The summed E-state index contributed by atoms with van der Waals surface area (Å²) in [6, 6.07) is 4.18. The Morgan fingerprint density at radius 1 is 1.15 bits per heavy atom. The van der Waals surface area contributed by atoms with Crippen LogP contribution in [0.1, 0.15) is 32.1 Å². The van der Waals surface area contributed by atoms with E-state index in [2.05, 4.69) is 14.8 Å². The molecule has 0 aliphatic heterocycles. The maximum absolute atomic E-state index is 12.3. The molecule has 0 unspecified atom stereocenters. The van der Waals surface area contributed by atoms with Crippen LogP contribution in [0.25, 0.3) is 0 Å². The van der Waals surface area contributed by atoms with Gasteiger partial charge in [0.05, 0.1) is 18.6 Å². The molecule has 1 aromatic carbocycles. The van der Waals surface area contributed by atoms with Crippen molar-refractivity contribution >= 4 is 33.5 Å². The summed E-state index contributed by atoms with van der Waals surface area (Å²) in [4.78, 5) is 23.0. The highest BCUT2D eigenvalue weighted by Gasteiger charge is 2.24. The fraction of sp³-hybridized carbons (Fsp3) is 0.529. The van der Waals surface area contributed by atoms with E-state index in [0.717, 1.165) is 12.8 Å². The van der Waals surface area contributed by atoms with Gasteiger partial charge in [-0.2, -0.15) is 4.72 Å². The Labute approximate surface area is 164 Å². The number of hydrogen-bond acceptors (Lipinski definition) is 6. The van der Waals surface area contributed by atoms with E-state index < -0.39 is 28.6 Å². The number of aliphatic hydroxyl groups excluding tert-OH is 1. The fourth-order valence-electron chi connectivity index (χ4n) is 2.23. The van der Waals surface area contributed by atoms with Gasteiger partial charge in [0.25, 0.3) is 0 Å². The molecule has 10 heteroatoms. The molecule has 0 bridgehead atoms. The lowest BCUT2D eigenvalue weighted by molar-refractivity contribution is -0.140. The fourth-order valence-corrected chi connectivity index (χ4v) is 3.54. The van der Waals surface area contributed by atoms with Gasteiger partial charge in [0.15, 0.2) is 0 Å². The van der Waals surface area contributed by atoms with Crippen LogP contribution in [0.4, 0.5) is 0 Å². The molecule has 8 nitrogen and oxygen atoms in total. The number of benzene rings is 1. The van der Waals surface area contributed by atoms with Crippen molar-refractivity contribution in [3.05, 3.63) is 29.3 Å². The van der Waals surface area contributed by atoms with Crippen molar-refractivity contribution in [3.63, 3.8) is 0 Å². The summed E-state index contributed by atoms with van der Waals surface area (Å²) in [5, 5.41) is 12.3. The number of nitrogens with one attached hydrogen (secondary N) is 2. The summed E-state index contributed by atoms with van der Waals surface area (Å²) >= 11 is 5.73. The molecular formula is C17H25ClN2O6S. The molecule has 0 spiro atoms. The van der Waals surface area contributed by atoms with Crippen LogP contribution in [0.5, 0.6) is 0 Å². The number of halogens is 1. The minimum absolute atomic E-state index is 0.0521. The summed E-state index contributed by atoms with van der Waals surface area (Å²) in [6.07, 6.45) is 3.37. The van der Waals surface area contributed by atoms with Crippen LogP contribution in [0, 0.1) is 0 Å². The SMILES string of the molecule is COC(=O)CCCCCCNC(=O)[C@H](CO)NS(=O)(=O)c1ccc(Cl)cc1. The highest BCUT2D eigenvalue weighted by molar-refractivity contribution is 7.89. The highest BCUT2D eigenvalue weighted by Crippen LogP contribution is 2.14.